The molecule has 106 valence electrons. The monoisotopic (exact) mass is 251 g/mol. The fraction of sp³-hybridized carbons (Fsp3) is 1.00. The van der Waals surface area contributed by atoms with Crippen LogP contribution in [0.3, 0.4) is 0 Å². The van der Waals surface area contributed by atoms with Crippen LogP contribution in [-0.4, -0.2) is 12.6 Å². The van der Waals surface area contributed by atoms with Crippen LogP contribution in [0, 0.1) is 22.7 Å². The summed E-state index contributed by atoms with van der Waals surface area (Å²) in [5.74, 6) is 1.87. The van der Waals surface area contributed by atoms with Crippen LogP contribution in [0.15, 0.2) is 0 Å². The Bertz CT molecular complexity index is 279. The molecule has 2 rings (SSSR count). The number of fused-ring (bicyclic) bond motifs is 2. The lowest BCUT2D eigenvalue weighted by atomic mass is 9.60. The molecule has 2 bridgehead atoms. The first-order valence-electron chi connectivity index (χ1n) is 8.19. The van der Waals surface area contributed by atoms with E-state index in [1.54, 1.807) is 0 Å². The van der Waals surface area contributed by atoms with E-state index in [-0.39, 0.29) is 0 Å². The third-order valence-corrected chi connectivity index (χ3v) is 6.04. The maximum atomic E-state index is 3.88. The molecule has 0 amide bonds. The fourth-order valence-corrected chi connectivity index (χ4v) is 5.37. The molecule has 18 heavy (non-hydrogen) atoms. The Morgan fingerprint density at radius 3 is 2.39 bits per heavy atom. The maximum absolute atomic E-state index is 3.88. The highest BCUT2D eigenvalue weighted by Gasteiger charge is 2.60. The molecule has 4 atom stereocenters. The number of rotatable bonds is 6. The molecule has 1 nitrogen and oxygen atoms in total. The van der Waals surface area contributed by atoms with E-state index in [4.69, 9.17) is 0 Å². The summed E-state index contributed by atoms with van der Waals surface area (Å²) < 4.78 is 0. The van der Waals surface area contributed by atoms with Crippen LogP contribution in [-0.2, 0) is 0 Å². The van der Waals surface area contributed by atoms with E-state index in [1.165, 1.54) is 45.1 Å². The minimum absolute atomic E-state index is 0.549. The predicted molar refractivity (Wildman–Crippen MR) is 79.7 cm³/mol. The van der Waals surface area contributed by atoms with E-state index in [2.05, 4.69) is 39.9 Å². The van der Waals surface area contributed by atoms with Gasteiger partial charge < -0.3 is 5.32 Å². The van der Waals surface area contributed by atoms with Gasteiger partial charge in [-0.25, -0.2) is 0 Å². The van der Waals surface area contributed by atoms with Gasteiger partial charge in [-0.05, 0) is 61.3 Å². The van der Waals surface area contributed by atoms with Crippen molar-refractivity contribution >= 4 is 0 Å². The van der Waals surface area contributed by atoms with Gasteiger partial charge in [-0.15, -0.1) is 0 Å². The van der Waals surface area contributed by atoms with Gasteiger partial charge in [-0.1, -0.05) is 41.0 Å². The molecule has 0 aromatic carbocycles. The van der Waals surface area contributed by atoms with Crippen LogP contribution in [0.5, 0.6) is 0 Å². The maximum Gasteiger partial charge on any atom is 0.0106 e. The van der Waals surface area contributed by atoms with Crippen molar-refractivity contribution in [1.29, 1.82) is 0 Å². The van der Waals surface area contributed by atoms with Crippen molar-refractivity contribution in [2.24, 2.45) is 22.7 Å². The van der Waals surface area contributed by atoms with E-state index in [0.717, 1.165) is 17.9 Å². The van der Waals surface area contributed by atoms with Gasteiger partial charge in [0.2, 0.25) is 0 Å². The van der Waals surface area contributed by atoms with Crippen LogP contribution in [0.2, 0.25) is 0 Å². The van der Waals surface area contributed by atoms with Crippen LogP contribution in [0.1, 0.15) is 73.1 Å². The average molecular weight is 251 g/mol. The summed E-state index contributed by atoms with van der Waals surface area (Å²) in [5.41, 5.74) is 1.17. The molecule has 4 unspecified atom stereocenters. The normalized spacial score (nSPS) is 39.2. The third-order valence-electron chi connectivity index (χ3n) is 6.04. The van der Waals surface area contributed by atoms with E-state index < -0.39 is 0 Å². The van der Waals surface area contributed by atoms with Crippen molar-refractivity contribution in [3.63, 3.8) is 0 Å². The molecule has 2 saturated carbocycles. The third kappa shape index (κ3) is 2.24. The molecule has 0 aromatic heterocycles. The molecule has 1 heteroatoms. The van der Waals surface area contributed by atoms with Gasteiger partial charge >= 0.3 is 0 Å². The summed E-state index contributed by atoms with van der Waals surface area (Å²) in [7, 11) is 0. The van der Waals surface area contributed by atoms with E-state index >= 15 is 0 Å². The standard InChI is InChI=1S/C17H33N/c1-6-8-14(18-11-7-2)15-16(3,4)13-9-10-17(15,5)12-13/h13-15,18H,6-12H2,1-5H3. The Morgan fingerprint density at radius 1 is 1.17 bits per heavy atom. The summed E-state index contributed by atoms with van der Waals surface area (Å²) in [5, 5.41) is 3.88. The Balaban J connectivity index is 2.17. The molecule has 2 fully saturated rings. The molecule has 2 aliphatic carbocycles. The quantitative estimate of drug-likeness (QED) is 0.726. The molecule has 0 aromatic rings. The highest BCUT2D eigenvalue weighted by molar-refractivity contribution is 5.11. The van der Waals surface area contributed by atoms with Crippen LogP contribution in [0.4, 0.5) is 0 Å². The van der Waals surface area contributed by atoms with Crippen LogP contribution in [0.25, 0.3) is 0 Å². The highest BCUT2D eigenvalue weighted by atomic mass is 14.9. The first-order chi connectivity index (χ1) is 8.45. The van der Waals surface area contributed by atoms with Gasteiger partial charge in [0.05, 0.1) is 0 Å². The van der Waals surface area contributed by atoms with Gasteiger partial charge in [0.15, 0.2) is 0 Å². The average Bonchev–Trinajstić information content (AvgIpc) is 2.77. The topological polar surface area (TPSA) is 12.0 Å². The summed E-state index contributed by atoms with van der Waals surface area (Å²) in [6.07, 6.45) is 8.36. The first-order valence-corrected chi connectivity index (χ1v) is 8.19. The molecule has 0 aliphatic heterocycles. The second kappa shape index (κ2) is 5.15. The molecule has 0 heterocycles. The van der Waals surface area contributed by atoms with Gasteiger partial charge in [-0.3, -0.25) is 0 Å². The van der Waals surface area contributed by atoms with Crippen molar-refractivity contribution < 1.29 is 0 Å². The van der Waals surface area contributed by atoms with Crippen molar-refractivity contribution in [2.75, 3.05) is 6.54 Å². The van der Waals surface area contributed by atoms with E-state index in [9.17, 15) is 0 Å². The minimum Gasteiger partial charge on any atom is -0.314 e. The molecule has 0 spiro atoms. The zero-order chi connectivity index (χ0) is 13.4. The zero-order valence-corrected chi connectivity index (χ0v) is 13.2. The van der Waals surface area contributed by atoms with E-state index in [1.807, 2.05) is 0 Å². The SMILES string of the molecule is CCCNC(CCC)C1C2(C)CCC(C2)C1(C)C. The lowest BCUT2D eigenvalue weighted by molar-refractivity contribution is 0.0378. The lowest BCUT2D eigenvalue weighted by Crippen LogP contribution is -2.49. The number of nitrogens with one attached hydrogen (secondary N) is 1. The summed E-state index contributed by atoms with van der Waals surface area (Å²) >= 11 is 0. The summed E-state index contributed by atoms with van der Waals surface area (Å²) in [4.78, 5) is 0. The highest BCUT2D eigenvalue weighted by Crippen LogP contribution is 2.67. The van der Waals surface area contributed by atoms with Gasteiger partial charge in [0.25, 0.3) is 0 Å². The Hall–Kier alpha value is -0.0400. The molecule has 0 radical (unpaired) electrons. The molecule has 2 aliphatic rings. The van der Waals surface area contributed by atoms with E-state index in [0.29, 0.717) is 10.8 Å². The minimum atomic E-state index is 0.549. The molecular formula is C17H33N. The Morgan fingerprint density at radius 2 is 1.89 bits per heavy atom. The van der Waals surface area contributed by atoms with Crippen molar-refractivity contribution in [3.05, 3.63) is 0 Å². The Kier molecular flexibility index (Phi) is 4.11. The van der Waals surface area contributed by atoms with Gasteiger partial charge in [0, 0.05) is 6.04 Å². The smallest absolute Gasteiger partial charge is 0.0106 e. The van der Waals surface area contributed by atoms with Gasteiger partial charge in [-0.2, -0.15) is 0 Å². The largest absolute Gasteiger partial charge is 0.314 e. The van der Waals surface area contributed by atoms with Crippen molar-refractivity contribution in [3.8, 4) is 0 Å². The van der Waals surface area contributed by atoms with Gasteiger partial charge in [0.1, 0.15) is 0 Å². The Labute approximate surface area is 114 Å². The first kappa shape index (κ1) is 14.4. The molecule has 0 saturated heterocycles. The zero-order valence-electron chi connectivity index (χ0n) is 13.2. The second-order valence-electron chi connectivity index (χ2n) is 7.74. The van der Waals surface area contributed by atoms with Crippen LogP contribution >= 0.6 is 0 Å². The fourth-order valence-electron chi connectivity index (χ4n) is 5.37. The molecular weight excluding hydrogens is 218 g/mol. The molecule has 1 N–H and O–H groups in total. The number of hydrogen-bond acceptors (Lipinski definition) is 1. The van der Waals surface area contributed by atoms with Crippen LogP contribution < -0.4 is 5.32 Å². The summed E-state index contributed by atoms with van der Waals surface area (Å²) in [6, 6.07) is 0.750. The summed E-state index contributed by atoms with van der Waals surface area (Å²) in [6.45, 7) is 13.5. The second-order valence-corrected chi connectivity index (χ2v) is 7.74. The lowest BCUT2D eigenvalue weighted by Gasteiger charge is -2.47. The predicted octanol–water partition coefficient (Wildman–Crippen LogP) is 4.62. The number of hydrogen-bond donors (Lipinski definition) is 1. The van der Waals surface area contributed by atoms with Crippen molar-refractivity contribution in [1.82, 2.24) is 5.32 Å². The van der Waals surface area contributed by atoms with Crippen molar-refractivity contribution in [2.45, 2.75) is 79.2 Å².